The molecule has 1 heterocycles. The van der Waals surface area contributed by atoms with Gasteiger partial charge in [-0.15, -0.1) is 0 Å². The number of carbonyl (C=O) groups excluding carboxylic acids is 1. The Hall–Kier alpha value is -1.29. The molecule has 1 aliphatic heterocycles. The highest BCUT2D eigenvalue weighted by Crippen LogP contribution is 2.22. The van der Waals surface area contributed by atoms with Gasteiger partial charge in [0.1, 0.15) is 17.7 Å². The van der Waals surface area contributed by atoms with Crippen LogP contribution in [0.2, 0.25) is 0 Å². The van der Waals surface area contributed by atoms with Crippen molar-refractivity contribution in [3.8, 4) is 0 Å². The molecular formula is C13H14F2O2. The lowest BCUT2D eigenvalue weighted by atomic mass is 9.97. The van der Waals surface area contributed by atoms with Gasteiger partial charge in [-0.05, 0) is 37.8 Å². The summed E-state index contributed by atoms with van der Waals surface area (Å²) in [5.41, 5.74) is -0.192. The number of hydrogen-bond donors (Lipinski definition) is 0. The second-order valence-corrected chi connectivity index (χ2v) is 4.27. The largest absolute Gasteiger partial charge is 0.370 e. The molecule has 0 radical (unpaired) electrons. The highest BCUT2D eigenvalue weighted by molar-refractivity contribution is 6.00. The Morgan fingerprint density at radius 1 is 1.35 bits per heavy atom. The number of ether oxygens (including phenoxy) is 1. The van der Waals surface area contributed by atoms with Crippen LogP contribution in [-0.2, 0) is 4.74 Å². The summed E-state index contributed by atoms with van der Waals surface area (Å²) in [5, 5.41) is 0. The number of benzene rings is 1. The molecule has 1 aromatic carbocycles. The molecule has 1 unspecified atom stereocenters. The highest BCUT2D eigenvalue weighted by atomic mass is 19.1. The minimum atomic E-state index is -0.813. The maximum atomic E-state index is 13.8. The summed E-state index contributed by atoms with van der Waals surface area (Å²) in [5.74, 6) is -2.17. The smallest absolute Gasteiger partial charge is 0.197 e. The van der Waals surface area contributed by atoms with Gasteiger partial charge in [-0.25, -0.2) is 8.78 Å². The van der Waals surface area contributed by atoms with Crippen molar-refractivity contribution < 1.29 is 18.3 Å². The van der Waals surface area contributed by atoms with Crippen LogP contribution in [0, 0.1) is 18.6 Å². The quantitative estimate of drug-likeness (QED) is 0.743. The monoisotopic (exact) mass is 240 g/mol. The molecule has 0 N–H and O–H groups in total. The number of halogens is 2. The Morgan fingerprint density at radius 3 is 2.76 bits per heavy atom. The zero-order chi connectivity index (χ0) is 12.4. The van der Waals surface area contributed by atoms with Crippen molar-refractivity contribution in [2.45, 2.75) is 32.3 Å². The Bertz CT molecular complexity index is 437. The second-order valence-electron chi connectivity index (χ2n) is 4.27. The van der Waals surface area contributed by atoms with Gasteiger partial charge in [0.05, 0.1) is 5.56 Å². The molecule has 2 nitrogen and oxygen atoms in total. The molecule has 1 aliphatic rings. The molecule has 0 spiro atoms. The van der Waals surface area contributed by atoms with E-state index in [2.05, 4.69) is 0 Å². The molecule has 1 aromatic rings. The summed E-state index contributed by atoms with van der Waals surface area (Å²) in [6.45, 7) is 1.98. The Kier molecular flexibility index (Phi) is 3.52. The fraction of sp³-hybridized carbons (Fsp3) is 0.462. The molecule has 17 heavy (non-hydrogen) atoms. The van der Waals surface area contributed by atoms with Crippen LogP contribution in [0.5, 0.6) is 0 Å². The molecule has 1 atom stereocenters. The van der Waals surface area contributed by atoms with E-state index in [-0.39, 0.29) is 5.56 Å². The summed E-state index contributed by atoms with van der Waals surface area (Å²) < 4.78 is 32.5. The van der Waals surface area contributed by atoms with Crippen molar-refractivity contribution >= 4 is 5.78 Å². The van der Waals surface area contributed by atoms with Gasteiger partial charge in [-0.1, -0.05) is 6.07 Å². The van der Waals surface area contributed by atoms with Crippen LogP contribution >= 0.6 is 0 Å². The molecule has 1 fully saturated rings. The van der Waals surface area contributed by atoms with Crippen molar-refractivity contribution in [1.29, 1.82) is 0 Å². The molecule has 0 bridgehead atoms. The minimum Gasteiger partial charge on any atom is -0.370 e. The van der Waals surface area contributed by atoms with Gasteiger partial charge in [0.25, 0.3) is 0 Å². The van der Waals surface area contributed by atoms with Crippen LogP contribution in [0.4, 0.5) is 8.78 Å². The molecule has 0 saturated carbocycles. The summed E-state index contributed by atoms with van der Waals surface area (Å²) in [4.78, 5) is 12.0. The van der Waals surface area contributed by atoms with Gasteiger partial charge in [0.2, 0.25) is 0 Å². The number of carbonyl (C=O) groups is 1. The normalized spacial score (nSPS) is 20.3. The second kappa shape index (κ2) is 4.92. The van der Waals surface area contributed by atoms with E-state index in [0.29, 0.717) is 13.0 Å². The zero-order valence-corrected chi connectivity index (χ0v) is 9.63. The van der Waals surface area contributed by atoms with Crippen molar-refractivity contribution in [3.05, 3.63) is 34.9 Å². The van der Waals surface area contributed by atoms with Crippen molar-refractivity contribution in [2.75, 3.05) is 6.61 Å². The van der Waals surface area contributed by atoms with Gasteiger partial charge in [-0.2, -0.15) is 0 Å². The van der Waals surface area contributed by atoms with Gasteiger partial charge in [-0.3, -0.25) is 4.79 Å². The van der Waals surface area contributed by atoms with E-state index in [4.69, 9.17) is 4.74 Å². The molecule has 1 saturated heterocycles. The predicted molar refractivity (Wildman–Crippen MR) is 59.0 cm³/mol. The van der Waals surface area contributed by atoms with Gasteiger partial charge < -0.3 is 4.74 Å². The number of rotatable bonds is 2. The molecule has 92 valence electrons. The topological polar surface area (TPSA) is 26.3 Å². The van der Waals surface area contributed by atoms with E-state index >= 15 is 0 Å². The first-order valence-electron chi connectivity index (χ1n) is 5.71. The minimum absolute atomic E-state index is 0.269. The molecule has 0 amide bonds. The van der Waals surface area contributed by atoms with Crippen LogP contribution in [0.1, 0.15) is 35.2 Å². The molecular weight excluding hydrogens is 226 g/mol. The van der Waals surface area contributed by atoms with E-state index in [1.165, 1.54) is 13.0 Å². The van der Waals surface area contributed by atoms with Gasteiger partial charge in [0, 0.05) is 6.61 Å². The zero-order valence-electron chi connectivity index (χ0n) is 9.63. The third-order valence-corrected chi connectivity index (χ3v) is 3.00. The van der Waals surface area contributed by atoms with E-state index in [1.807, 2.05) is 0 Å². The number of ketones is 1. The molecule has 0 aliphatic carbocycles. The summed E-state index contributed by atoms with van der Waals surface area (Å²) in [6.07, 6.45) is 1.58. The van der Waals surface area contributed by atoms with Crippen molar-refractivity contribution in [2.24, 2.45) is 0 Å². The van der Waals surface area contributed by atoms with Crippen molar-refractivity contribution in [3.63, 3.8) is 0 Å². The third kappa shape index (κ3) is 2.36. The first-order chi connectivity index (χ1) is 8.11. The Labute approximate surface area is 98.6 Å². The van der Waals surface area contributed by atoms with E-state index < -0.39 is 29.1 Å². The lowest BCUT2D eigenvalue weighted by Gasteiger charge is -2.21. The first-order valence-corrected chi connectivity index (χ1v) is 5.71. The Balaban J connectivity index is 2.32. The van der Waals surface area contributed by atoms with Crippen molar-refractivity contribution in [1.82, 2.24) is 0 Å². The third-order valence-electron chi connectivity index (χ3n) is 3.00. The average Bonchev–Trinajstić information content (AvgIpc) is 2.35. The average molecular weight is 240 g/mol. The van der Waals surface area contributed by atoms with E-state index in [0.717, 1.165) is 18.9 Å². The molecule has 4 heteroatoms. The summed E-state index contributed by atoms with van der Waals surface area (Å²) >= 11 is 0. The summed E-state index contributed by atoms with van der Waals surface area (Å²) in [7, 11) is 0. The fourth-order valence-electron chi connectivity index (χ4n) is 1.99. The number of aryl methyl sites for hydroxylation is 1. The number of Topliss-reactive ketones (excluding diaryl/α,β-unsaturated/α-hetero) is 1. The lowest BCUT2D eigenvalue weighted by molar-refractivity contribution is 0.0180. The predicted octanol–water partition coefficient (Wildman–Crippen LogP) is 3.03. The lowest BCUT2D eigenvalue weighted by Crippen LogP contribution is -2.29. The SMILES string of the molecule is Cc1ccc(F)c(C(=O)C2CCCCO2)c1F. The maximum Gasteiger partial charge on any atom is 0.197 e. The van der Waals surface area contributed by atoms with Gasteiger partial charge in [0.15, 0.2) is 5.78 Å². The van der Waals surface area contributed by atoms with Crippen LogP contribution in [-0.4, -0.2) is 18.5 Å². The molecule has 0 aromatic heterocycles. The highest BCUT2D eigenvalue weighted by Gasteiger charge is 2.28. The van der Waals surface area contributed by atoms with Crippen LogP contribution < -0.4 is 0 Å². The Morgan fingerprint density at radius 2 is 2.12 bits per heavy atom. The van der Waals surface area contributed by atoms with Crippen LogP contribution in [0.15, 0.2) is 12.1 Å². The van der Waals surface area contributed by atoms with E-state index in [1.54, 1.807) is 0 Å². The standard InChI is InChI=1S/C13H14F2O2/c1-8-5-6-9(14)11(12(8)15)13(16)10-4-2-3-7-17-10/h5-6,10H,2-4,7H2,1H3. The fourth-order valence-corrected chi connectivity index (χ4v) is 1.99. The first kappa shape index (κ1) is 12.2. The van der Waals surface area contributed by atoms with Crippen LogP contribution in [0.3, 0.4) is 0 Å². The van der Waals surface area contributed by atoms with Crippen LogP contribution in [0.25, 0.3) is 0 Å². The summed E-state index contributed by atoms with van der Waals surface area (Å²) in [6, 6.07) is 2.44. The van der Waals surface area contributed by atoms with E-state index in [9.17, 15) is 13.6 Å². The van der Waals surface area contributed by atoms with Gasteiger partial charge >= 0.3 is 0 Å². The number of hydrogen-bond acceptors (Lipinski definition) is 2. The molecule has 2 rings (SSSR count). The maximum absolute atomic E-state index is 13.8.